The molecule has 3 aromatic carbocycles. The molecule has 1 N–H and O–H groups in total. The maximum Gasteiger partial charge on any atom is 0.311 e. The van der Waals surface area contributed by atoms with E-state index in [0.717, 1.165) is 15.6 Å². The molecule has 0 aliphatic rings. The van der Waals surface area contributed by atoms with E-state index in [9.17, 15) is 19.7 Å². The Morgan fingerprint density at radius 2 is 1.69 bits per heavy atom. The fraction of sp³-hybridized carbons (Fsp3) is 0.310. The molecule has 9 nitrogen and oxygen atoms in total. The average molecular weight is 598 g/mol. The Labute approximate surface area is 236 Å². The fourth-order valence-electron chi connectivity index (χ4n) is 3.92. The van der Waals surface area contributed by atoms with Gasteiger partial charge in [0.15, 0.2) is 6.61 Å². The molecule has 39 heavy (non-hydrogen) atoms. The predicted octanol–water partition coefficient (Wildman–Crippen LogP) is 5.30. The summed E-state index contributed by atoms with van der Waals surface area (Å²) in [4.78, 5) is 39.4. The monoisotopic (exact) mass is 597 g/mol. The van der Waals surface area contributed by atoms with E-state index in [-0.39, 0.29) is 36.2 Å². The Bertz CT molecular complexity index is 1290. The highest BCUT2D eigenvalue weighted by Crippen LogP contribution is 2.31. The summed E-state index contributed by atoms with van der Waals surface area (Å²) in [6.45, 7) is 5.45. The van der Waals surface area contributed by atoms with Gasteiger partial charge in [-0.25, -0.2) is 0 Å². The van der Waals surface area contributed by atoms with Crippen LogP contribution in [-0.4, -0.2) is 46.9 Å². The van der Waals surface area contributed by atoms with Crippen LogP contribution in [0.25, 0.3) is 0 Å². The first kappa shape index (κ1) is 29.6. The van der Waals surface area contributed by atoms with Crippen molar-refractivity contribution in [3.63, 3.8) is 0 Å². The van der Waals surface area contributed by atoms with Crippen LogP contribution in [0, 0.1) is 10.1 Å². The number of nitro benzene ring substituents is 1. The van der Waals surface area contributed by atoms with Gasteiger partial charge < -0.3 is 19.7 Å². The van der Waals surface area contributed by atoms with Gasteiger partial charge in [0.05, 0.1) is 12.0 Å². The molecule has 0 heterocycles. The highest BCUT2D eigenvalue weighted by Gasteiger charge is 2.32. The van der Waals surface area contributed by atoms with E-state index >= 15 is 0 Å². The normalized spacial score (nSPS) is 11.8. The van der Waals surface area contributed by atoms with E-state index in [1.54, 1.807) is 0 Å². The van der Waals surface area contributed by atoms with Gasteiger partial charge in [0.25, 0.3) is 5.91 Å². The number of nitro groups is 1. The number of benzene rings is 3. The zero-order valence-electron chi connectivity index (χ0n) is 22.3. The molecule has 0 spiro atoms. The number of nitrogens with zero attached hydrogens (tertiary/aromatic N) is 2. The molecule has 1 unspecified atom stereocenters. The predicted molar refractivity (Wildman–Crippen MR) is 152 cm³/mol. The lowest BCUT2D eigenvalue weighted by Gasteiger charge is -2.33. The first-order valence-electron chi connectivity index (χ1n) is 12.3. The van der Waals surface area contributed by atoms with Crippen LogP contribution < -0.4 is 14.8 Å². The van der Waals surface area contributed by atoms with Crippen molar-refractivity contribution in [3.05, 3.63) is 98.5 Å². The van der Waals surface area contributed by atoms with E-state index in [2.05, 4.69) is 21.2 Å². The lowest BCUT2D eigenvalue weighted by Crippen LogP contribution is -2.55. The molecule has 206 valence electrons. The number of halogens is 1. The largest absolute Gasteiger partial charge is 0.490 e. The molecule has 3 rings (SSSR count). The van der Waals surface area contributed by atoms with Gasteiger partial charge in [0.2, 0.25) is 11.7 Å². The van der Waals surface area contributed by atoms with Crippen molar-refractivity contribution in [3.8, 4) is 11.5 Å². The van der Waals surface area contributed by atoms with Crippen molar-refractivity contribution >= 4 is 33.4 Å². The number of hydrogen-bond donors (Lipinski definition) is 1. The van der Waals surface area contributed by atoms with Crippen molar-refractivity contribution in [2.75, 3.05) is 13.7 Å². The average Bonchev–Trinajstić information content (AvgIpc) is 2.89. The number of amides is 2. The number of carbonyl (C=O) groups excluding carboxylic acids is 2. The molecule has 0 saturated heterocycles. The number of hydrogen-bond acceptors (Lipinski definition) is 6. The Morgan fingerprint density at radius 1 is 1.03 bits per heavy atom. The molecule has 0 aliphatic heterocycles. The van der Waals surface area contributed by atoms with Crippen LogP contribution in [0.1, 0.15) is 31.9 Å². The second kappa shape index (κ2) is 13.2. The number of carbonyl (C=O) groups is 2. The first-order chi connectivity index (χ1) is 18.5. The standard InChI is InChI=1S/C29H32BrN3O6/c1-29(2,3)31-28(35)25(16-20-8-6-5-7-9-20)32(18-21-10-12-22(30)13-11-21)27(34)19-39-23-14-15-24(33(36)37)26(17-23)38-4/h5-15,17,25H,16,18-19H2,1-4H3,(H,31,35). The Balaban J connectivity index is 1.93. The highest BCUT2D eigenvalue weighted by molar-refractivity contribution is 9.10. The summed E-state index contributed by atoms with van der Waals surface area (Å²) < 4.78 is 11.7. The Hall–Kier alpha value is -3.92. The summed E-state index contributed by atoms with van der Waals surface area (Å²) in [6, 6.07) is 20.2. The van der Waals surface area contributed by atoms with Gasteiger partial charge >= 0.3 is 5.69 Å². The molecule has 0 radical (unpaired) electrons. The molecule has 0 aliphatic carbocycles. The quantitative estimate of drug-likeness (QED) is 0.237. The van der Waals surface area contributed by atoms with Crippen LogP contribution in [0.4, 0.5) is 5.69 Å². The highest BCUT2D eigenvalue weighted by atomic mass is 79.9. The van der Waals surface area contributed by atoms with Gasteiger partial charge in [-0.2, -0.15) is 0 Å². The molecule has 2 amide bonds. The van der Waals surface area contributed by atoms with Gasteiger partial charge in [-0.05, 0) is 50.1 Å². The maximum atomic E-state index is 13.7. The third-order valence-corrected chi connectivity index (χ3v) is 6.27. The molecular formula is C29H32BrN3O6. The third-order valence-electron chi connectivity index (χ3n) is 5.75. The summed E-state index contributed by atoms with van der Waals surface area (Å²) in [5.41, 5.74) is 1.02. The van der Waals surface area contributed by atoms with Crippen molar-refractivity contribution in [1.82, 2.24) is 10.2 Å². The van der Waals surface area contributed by atoms with Crippen molar-refractivity contribution in [2.24, 2.45) is 0 Å². The zero-order valence-corrected chi connectivity index (χ0v) is 23.9. The van der Waals surface area contributed by atoms with Crippen molar-refractivity contribution < 1.29 is 24.0 Å². The number of rotatable bonds is 11. The molecule has 0 bridgehead atoms. The smallest absolute Gasteiger partial charge is 0.311 e. The maximum absolute atomic E-state index is 13.7. The lowest BCUT2D eigenvalue weighted by molar-refractivity contribution is -0.385. The molecule has 0 saturated carbocycles. The second-order valence-electron chi connectivity index (χ2n) is 9.97. The van der Waals surface area contributed by atoms with Crippen molar-refractivity contribution in [1.29, 1.82) is 0 Å². The van der Waals surface area contributed by atoms with Gasteiger partial charge in [0, 0.05) is 35.1 Å². The van der Waals surface area contributed by atoms with Crippen LogP contribution in [-0.2, 0) is 22.6 Å². The van der Waals surface area contributed by atoms with Crippen LogP contribution in [0.2, 0.25) is 0 Å². The van der Waals surface area contributed by atoms with E-state index < -0.39 is 22.4 Å². The molecule has 1 atom stereocenters. The van der Waals surface area contributed by atoms with E-state index in [0.29, 0.717) is 6.42 Å². The summed E-state index contributed by atoms with van der Waals surface area (Å²) in [7, 11) is 1.32. The van der Waals surface area contributed by atoms with E-state index in [4.69, 9.17) is 9.47 Å². The minimum Gasteiger partial charge on any atom is -0.490 e. The van der Waals surface area contributed by atoms with E-state index in [1.165, 1.54) is 30.2 Å². The zero-order chi connectivity index (χ0) is 28.6. The SMILES string of the molecule is COc1cc(OCC(=O)N(Cc2ccc(Br)cc2)C(Cc2ccccc2)C(=O)NC(C)(C)C)ccc1[N+](=O)[O-]. The lowest BCUT2D eigenvalue weighted by atomic mass is 10.0. The van der Waals surface area contributed by atoms with Gasteiger partial charge in [-0.15, -0.1) is 0 Å². The molecular weight excluding hydrogens is 566 g/mol. The molecule has 0 fully saturated rings. The topological polar surface area (TPSA) is 111 Å². The minimum absolute atomic E-state index is 0.0168. The number of methoxy groups -OCH3 is 1. The van der Waals surface area contributed by atoms with Crippen LogP contribution in [0.15, 0.2) is 77.3 Å². The number of ether oxygens (including phenoxy) is 2. The number of nitrogens with one attached hydrogen (secondary N) is 1. The van der Waals surface area contributed by atoms with Crippen LogP contribution >= 0.6 is 15.9 Å². The molecule has 3 aromatic rings. The summed E-state index contributed by atoms with van der Waals surface area (Å²) in [5, 5.41) is 14.2. The summed E-state index contributed by atoms with van der Waals surface area (Å²) in [5.74, 6) is -0.453. The third kappa shape index (κ3) is 8.81. The first-order valence-corrected chi connectivity index (χ1v) is 13.1. The summed E-state index contributed by atoms with van der Waals surface area (Å²) >= 11 is 3.43. The van der Waals surface area contributed by atoms with Crippen LogP contribution in [0.5, 0.6) is 11.5 Å². The van der Waals surface area contributed by atoms with Crippen LogP contribution in [0.3, 0.4) is 0 Å². The van der Waals surface area contributed by atoms with Gasteiger partial charge in [0.1, 0.15) is 11.8 Å². The summed E-state index contributed by atoms with van der Waals surface area (Å²) in [6.07, 6.45) is 0.302. The Morgan fingerprint density at radius 3 is 2.28 bits per heavy atom. The molecule has 10 heteroatoms. The Kier molecular flexibility index (Phi) is 10.1. The van der Waals surface area contributed by atoms with Gasteiger partial charge in [-0.3, -0.25) is 19.7 Å². The van der Waals surface area contributed by atoms with E-state index in [1.807, 2.05) is 75.4 Å². The van der Waals surface area contributed by atoms with Crippen molar-refractivity contribution in [2.45, 2.75) is 45.3 Å². The fourth-order valence-corrected chi connectivity index (χ4v) is 4.18. The van der Waals surface area contributed by atoms with Gasteiger partial charge in [-0.1, -0.05) is 58.4 Å². The minimum atomic E-state index is -0.822. The molecule has 0 aromatic heterocycles. The second-order valence-corrected chi connectivity index (χ2v) is 10.9.